The van der Waals surface area contributed by atoms with Gasteiger partial charge in [-0.2, -0.15) is 0 Å². The van der Waals surface area contributed by atoms with E-state index in [0.29, 0.717) is 19.4 Å². The highest BCUT2D eigenvalue weighted by Crippen LogP contribution is 2.17. The van der Waals surface area contributed by atoms with E-state index in [2.05, 4.69) is 5.32 Å². The molecule has 0 radical (unpaired) electrons. The quantitative estimate of drug-likeness (QED) is 0.813. The second-order valence-corrected chi connectivity index (χ2v) is 5.65. The summed E-state index contributed by atoms with van der Waals surface area (Å²) >= 11 is 0. The summed E-state index contributed by atoms with van der Waals surface area (Å²) in [5.74, 6) is 1.72. The lowest BCUT2D eigenvalue weighted by atomic mass is 10.1. The average Bonchev–Trinajstić information content (AvgIpc) is 3.07. The molecule has 1 heterocycles. The normalized spacial score (nSPS) is 12.2. The Balaban J connectivity index is 1.79. The number of nitrogens with one attached hydrogen (secondary N) is 1. The van der Waals surface area contributed by atoms with Crippen LogP contribution < -0.4 is 10.1 Å². The maximum atomic E-state index is 12.1. The molecular weight excluding hydrogens is 292 g/mol. The highest BCUT2D eigenvalue weighted by molar-refractivity contribution is 5.76. The van der Waals surface area contributed by atoms with Crippen molar-refractivity contribution in [3.63, 3.8) is 0 Å². The Morgan fingerprint density at radius 3 is 2.57 bits per heavy atom. The zero-order valence-corrected chi connectivity index (χ0v) is 13.9. The number of furan rings is 1. The van der Waals surface area contributed by atoms with E-state index in [0.717, 1.165) is 17.1 Å². The number of likely N-dealkylation sites (N-methyl/N-ethyl adjacent to an activating group) is 1. The molecule has 1 atom stereocenters. The first kappa shape index (κ1) is 17.1. The average molecular weight is 316 g/mol. The van der Waals surface area contributed by atoms with Gasteiger partial charge in [0.15, 0.2) is 0 Å². The molecule has 0 aliphatic heterocycles. The van der Waals surface area contributed by atoms with Gasteiger partial charge in [0.25, 0.3) is 0 Å². The van der Waals surface area contributed by atoms with Crippen LogP contribution in [0.2, 0.25) is 0 Å². The second kappa shape index (κ2) is 8.39. The monoisotopic (exact) mass is 316 g/mol. The van der Waals surface area contributed by atoms with E-state index >= 15 is 0 Å². The number of aryl methyl sites for hydroxylation is 1. The van der Waals surface area contributed by atoms with Gasteiger partial charge in [0.1, 0.15) is 11.5 Å². The highest BCUT2D eigenvalue weighted by Gasteiger charge is 2.17. The van der Waals surface area contributed by atoms with Crippen LogP contribution in [0.15, 0.2) is 47.1 Å². The second-order valence-electron chi connectivity index (χ2n) is 5.65. The molecule has 0 spiro atoms. The maximum absolute atomic E-state index is 12.1. The molecule has 5 nitrogen and oxygen atoms in total. The maximum Gasteiger partial charge on any atom is 0.220 e. The minimum Gasteiger partial charge on any atom is -0.497 e. The number of nitrogens with zero attached hydrogens (tertiary/aromatic N) is 1. The molecule has 1 unspecified atom stereocenters. The van der Waals surface area contributed by atoms with Crippen LogP contribution in [-0.2, 0) is 11.2 Å². The molecule has 23 heavy (non-hydrogen) atoms. The van der Waals surface area contributed by atoms with E-state index in [1.807, 2.05) is 55.4 Å². The Bertz CT molecular complexity index is 591. The standard InChI is InChI=1S/C18H24N2O3/c1-20(2)16(17-5-4-12-23-17)13-19-18(21)11-8-14-6-9-15(22-3)10-7-14/h4-7,9-10,12,16H,8,11,13H2,1-3H3,(H,19,21). The van der Waals surface area contributed by atoms with Crippen LogP contribution >= 0.6 is 0 Å². The zero-order valence-electron chi connectivity index (χ0n) is 13.9. The van der Waals surface area contributed by atoms with Crippen LogP contribution in [-0.4, -0.2) is 38.6 Å². The van der Waals surface area contributed by atoms with Gasteiger partial charge in [0.2, 0.25) is 5.91 Å². The van der Waals surface area contributed by atoms with Crippen molar-refractivity contribution in [3.8, 4) is 5.75 Å². The molecule has 0 saturated carbocycles. The molecule has 5 heteroatoms. The number of carbonyl (C=O) groups is 1. The largest absolute Gasteiger partial charge is 0.497 e. The summed E-state index contributed by atoms with van der Waals surface area (Å²) < 4.78 is 10.6. The van der Waals surface area contributed by atoms with Gasteiger partial charge in [-0.1, -0.05) is 12.1 Å². The lowest BCUT2D eigenvalue weighted by Gasteiger charge is -2.22. The number of hydrogen-bond donors (Lipinski definition) is 1. The number of benzene rings is 1. The van der Waals surface area contributed by atoms with Crippen molar-refractivity contribution >= 4 is 5.91 Å². The summed E-state index contributed by atoms with van der Waals surface area (Å²) in [5, 5.41) is 2.98. The predicted molar refractivity (Wildman–Crippen MR) is 89.5 cm³/mol. The van der Waals surface area contributed by atoms with Gasteiger partial charge < -0.3 is 14.5 Å². The van der Waals surface area contributed by atoms with Gasteiger partial charge in [-0.25, -0.2) is 0 Å². The Kier molecular flexibility index (Phi) is 6.23. The first-order valence-electron chi connectivity index (χ1n) is 7.69. The van der Waals surface area contributed by atoms with Crippen LogP contribution in [0.4, 0.5) is 0 Å². The number of ether oxygens (including phenoxy) is 1. The van der Waals surface area contributed by atoms with Gasteiger partial charge >= 0.3 is 0 Å². The number of rotatable bonds is 8. The number of amides is 1. The van der Waals surface area contributed by atoms with Crippen molar-refractivity contribution in [2.45, 2.75) is 18.9 Å². The molecule has 1 amide bonds. The molecule has 0 fully saturated rings. The van der Waals surface area contributed by atoms with Crippen LogP contribution in [0.1, 0.15) is 23.8 Å². The first-order chi connectivity index (χ1) is 11.1. The summed E-state index contributed by atoms with van der Waals surface area (Å²) in [6.45, 7) is 0.530. The molecule has 1 aromatic carbocycles. The molecule has 0 bridgehead atoms. The lowest BCUT2D eigenvalue weighted by Crippen LogP contribution is -2.34. The summed E-state index contributed by atoms with van der Waals surface area (Å²) in [6, 6.07) is 11.6. The highest BCUT2D eigenvalue weighted by atomic mass is 16.5. The van der Waals surface area contributed by atoms with Crippen molar-refractivity contribution in [2.24, 2.45) is 0 Å². The minimum absolute atomic E-state index is 0.0370. The third-order valence-electron chi connectivity index (χ3n) is 3.79. The Morgan fingerprint density at radius 1 is 1.26 bits per heavy atom. The van der Waals surface area contributed by atoms with Gasteiger partial charge in [0, 0.05) is 13.0 Å². The predicted octanol–water partition coefficient (Wildman–Crippen LogP) is 2.64. The third-order valence-corrected chi connectivity index (χ3v) is 3.79. The van der Waals surface area contributed by atoms with Crippen molar-refractivity contribution in [2.75, 3.05) is 27.7 Å². The van der Waals surface area contributed by atoms with E-state index in [-0.39, 0.29) is 11.9 Å². The molecule has 2 rings (SSSR count). The molecular formula is C18H24N2O3. The fourth-order valence-electron chi connectivity index (χ4n) is 2.37. The lowest BCUT2D eigenvalue weighted by molar-refractivity contribution is -0.121. The minimum atomic E-state index is 0.0370. The molecule has 0 saturated heterocycles. The Labute approximate surface area is 137 Å². The van der Waals surface area contributed by atoms with Crippen LogP contribution in [0.5, 0.6) is 5.75 Å². The summed E-state index contributed by atoms with van der Waals surface area (Å²) in [7, 11) is 5.58. The van der Waals surface area contributed by atoms with Gasteiger partial charge in [-0.05, 0) is 50.3 Å². The van der Waals surface area contributed by atoms with E-state index < -0.39 is 0 Å². The number of carbonyl (C=O) groups excluding carboxylic acids is 1. The van der Waals surface area contributed by atoms with Crippen LogP contribution in [0, 0.1) is 0 Å². The van der Waals surface area contributed by atoms with Gasteiger partial charge in [-0.15, -0.1) is 0 Å². The van der Waals surface area contributed by atoms with Crippen LogP contribution in [0.25, 0.3) is 0 Å². The van der Waals surface area contributed by atoms with Gasteiger partial charge in [-0.3, -0.25) is 9.69 Å². The fraction of sp³-hybridized carbons (Fsp3) is 0.389. The summed E-state index contributed by atoms with van der Waals surface area (Å²) in [5.41, 5.74) is 1.12. The van der Waals surface area contributed by atoms with Crippen molar-refractivity contribution in [1.29, 1.82) is 0 Å². The number of methoxy groups -OCH3 is 1. The first-order valence-corrected chi connectivity index (χ1v) is 7.69. The summed E-state index contributed by atoms with van der Waals surface area (Å²) in [6.07, 6.45) is 2.82. The van der Waals surface area contributed by atoms with Crippen molar-refractivity contribution in [1.82, 2.24) is 10.2 Å². The van der Waals surface area contributed by atoms with E-state index in [4.69, 9.17) is 9.15 Å². The van der Waals surface area contributed by atoms with E-state index in [1.54, 1.807) is 13.4 Å². The molecule has 124 valence electrons. The van der Waals surface area contributed by atoms with Gasteiger partial charge in [0.05, 0.1) is 19.4 Å². The summed E-state index contributed by atoms with van der Waals surface area (Å²) in [4.78, 5) is 14.1. The molecule has 1 aromatic heterocycles. The van der Waals surface area contributed by atoms with E-state index in [9.17, 15) is 4.79 Å². The molecule has 1 N–H and O–H groups in total. The molecule has 2 aromatic rings. The third kappa shape index (κ3) is 5.14. The topological polar surface area (TPSA) is 54.7 Å². The smallest absolute Gasteiger partial charge is 0.220 e. The Hall–Kier alpha value is -2.27. The molecule has 0 aliphatic carbocycles. The van der Waals surface area contributed by atoms with E-state index in [1.165, 1.54) is 0 Å². The molecule has 0 aliphatic rings. The fourth-order valence-corrected chi connectivity index (χ4v) is 2.37. The Morgan fingerprint density at radius 2 is 2.00 bits per heavy atom. The van der Waals surface area contributed by atoms with Crippen molar-refractivity contribution < 1.29 is 13.9 Å². The van der Waals surface area contributed by atoms with Crippen LogP contribution in [0.3, 0.4) is 0 Å². The van der Waals surface area contributed by atoms with Crippen molar-refractivity contribution in [3.05, 3.63) is 54.0 Å². The SMILES string of the molecule is COc1ccc(CCC(=O)NCC(c2ccco2)N(C)C)cc1. The number of hydrogen-bond acceptors (Lipinski definition) is 4. The zero-order chi connectivity index (χ0) is 16.7.